The fourth-order valence-corrected chi connectivity index (χ4v) is 8.32. The molecule has 1 spiro atoms. The molecule has 0 aromatic heterocycles. The molecule has 2 aromatic rings. The molecule has 2 saturated heterocycles. The maximum absolute atomic E-state index is 13.8. The van der Waals surface area contributed by atoms with Gasteiger partial charge in [0.25, 0.3) is 0 Å². The molecule has 0 radical (unpaired) electrons. The van der Waals surface area contributed by atoms with Gasteiger partial charge in [0.05, 0.1) is 9.79 Å². The number of piperazine rings is 1. The normalized spacial score (nSPS) is 22.2. The highest BCUT2D eigenvalue weighted by Crippen LogP contribution is 2.36. The minimum Gasteiger partial charge on any atom is -0.342 e. The molecule has 5 rings (SSSR count). The summed E-state index contributed by atoms with van der Waals surface area (Å²) in [5.74, 6) is 0.684. The van der Waals surface area contributed by atoms with Crippen LogP contribution in [0.3, 0.4) is 0 Å². The zero-order valence-electron chi connectivity index (χ0n) is 24.4. The Labute approximate surface area is 245 Å². The lowest BCUT2D eigenvalue weighted by Gasteiger charge is -2.52. The molecule has 1 saturated carbocycles. The van der Waals surface area contributed by atoms with E-state index >= 15 is 0 Å². The first-order chi connectivity index (χ1) is 19.8. The lowest BCUT2D eigenvalue weighted by atomic mass is 9.79. The van der Waals surface area contributed by atoms with Crippen LogP contribution < -0.4 is 5.32 Å². The van der Waals surface area contributed by atoms with Crippen LogP contribution in [0.1, 0.15) is 76.7 Å². The van der Waals surface area contributed by atoms with Gasteiger partial charge in [-0.15, -0.1) is 0 Å². The second-order valence-electron chi connectivity index (χ2n) is 12.2. The SMILES string of the molecule is CCCCN1C(=O)[C@H](CC2CCCCC2)NC(=O)C12CCN(CCc1cccc(S(=O)(=O)c3ccccc3)c1)CC2. The number of carbonyl (C=O) groups excluding carboxylic acids is 2. The molecule has 2 aromatic carbocycles. The van der Waals surface area contributed by atoms with Crippen LogP contribution in [0, 0.1) is 5.92 Å². The lowest BCUT2D eigenvalue weighted by Crippen LogP contribution is -2.73. The average molecular weight is 580 g/mol. The van der Waals surface area contributed by atoms with E-state index in [1.165, 1.54) is 19.3 Å². The van der Waals surface area contributed by atoms with E-state index in [4.69, 9.17) is 0 Å². The molecule has 8 heteroatoms. The zero-order valence-corrected chi connectivity index (χ0v) is 25.2. The summed E-state index contributed by atoms with van der Waals surface area (Å²) in [6.07, 6.45) is 10.7. The average Bonchev–Trinajstić information content (AvgIpc) is 3.00. The molecule has 0 unspecified atom stereocenters. The van der Waals surface area contributed by atoms with Gasteiger partial charge >= 0.3 is 0 Å². The first kappa shape index (κ1) is 29.8. The van der Waals surface area contributed by atoms with Gasteiger partial charge in [-0.1, -0.05) is 75.8 Å². The molecule has 0 bridgehead atoms. The maximum atomic E-state index is 13.8. The predicted molar refractivity (Wildman–Crippen MR) is 160 cm³/mol. The van der Waals surface area contributed by atoms with Gasteiger partial charge in [-0.05, 0) is 67.9 Å². The third-order valence-electron chi connectivity index (χ3n) is 9.50. The Hall–Kier alpha value is -2.71. The second kappa shape index (κ2) is 13.1. The molecular formula is C33H45N3O4S. The number of likely N-dealkylation sites (tertiary alicyclic amines) is 1. The molecule has 1 aliphatic carbocycles. The number of hydrogen-bond acceptors (Lipinski definition) is 5. The monoisotopic (exact) mass is 579 g/mol. The smallest absolute Gasteiger partial charge is 0.246 e. The molecule has 1 atom stereocenters. The number of sulfone groups is 1. The van der Waals surface area contributed by atoms with Crippen LogP contribution in [0.25, 0.3) is 0 Å². The number of carbonyl (C=O) groups is 2. The number of benzene rings is 2. The van der Waals surface area contributed by atoms with Crippen molar-refractivity contribution in [3.05, 3.63) is 60.2 Å². The van der Waals surface area contributed by atoms with Crippen LogP contribution in [0.2, 0.25) is 0 Å². The largest absolute Gasteiger partial charge is 0.342 e. The van der Waals surface area contributed by atoms with Crippen molar-refractivity contribution in [1.29, 1.82) is 0 Å². The van der Waals surface area contributed by atoms with Gasteiger partial charge in [0.15, 0.2) is 0 Å². The van der Waals surface area contributed by atoms with E-state index in [0.29, 0.717) is 35.1 Å². The standard InChI is InChI=1S/C33H45N3O4S/c1-2-3-20-36-31(37)30(25-26-11-6-4-7-12-26)34-32(38)33(36)18-22-35(23-19-33)21-17-27-13-10-16-29(24-27)41(39,40)28-14-8-5-9-15-28/h5,8-10,13-16,24,26,30H,2-4,6-7,11-12,17-23,25H2,1H3,(H,34,38)/t30-/m0/s1. The van der Waals surface area contributed by atoms with E-state index in [1.54, 1.807) is 36.4 Å². The summed E-state index contributed by atoms with van der Waals surface area (Å²) in [6, 6.07) is 15.4. The van der Waals surface area contributed by atoms with Gasteiger partial charge in [0.1, 0.15) is 11.6 Å². The quantitative estimate of drug-likeness (QED) is 0.429. The van der Waals surface area contributed by atoms with Crippen molar-refractivity contribution in [3.8, 4) is 0 Å². The molecular weight excluding hydrogens is 534 g/mol. The summed E-state index contributed by atoms with van der Waals surface area (Å²) in [7, 11) is -3.56. The molecule has 222 valence electrons. The second-order valence-corrected chi connectivity index (χ2v) is 14.1. The maximum Gasteiger partial charge on any atom is 0.246 e. The van der Waals surface area contributed by atoms with Crippen LogP contribution in [0.15, 0.2) is 64.4 Å². The highest BCUT2D eigenvalue weighted by Gasteiger charge is 2.53. The van der Waals surface area contributed by atoms with E-state index in [-0.39, 0.29) is 17.9 Å². The zero-order chi connectivity index (χ0) is 28.9. The number of piperidine rings is 1. The van der Waals surface area contributed by atoms with Crippen LogP contribution in [0.4, 0.5) is 0 Å². The minimum absolute atomic E-state index is 0.0347. The predicted octanol–water partition coefficient (Wildman–Crippen LogP) is 4.99. The van der Waals surface area contributed by atoms with Gasteiger partial charge in [-0.3, -0.25) is 9.59 Å². The van der Waals surface area contributed by atoms with Crippen molar-refractivity contribution in [1.82, 2.24) is 15.1 Å². The van der Waals surface area contributed by atoms with Gasteiger partial charge < -0.3 is 15.1 Å². The Morgan fingerprint density at radius 2 is 1.61 bits per heavy atom. The van der Waals surface area contributed by atoms with Crippen LogP contribution in [-0.2, 0) is 25.8 Å². The topological polar surface area (TPSA) is 86.8 Å². The summed E-state index contributed by atoms with van der Waals surface area (Å²) >= 11 is 0. The molecule has 3 aliphatic rings. The number of nitrogens with one attached hydrogen (secondary N) is 1. The first-order valence-corrected chi connectivity index (χ1v) is 17.1. The first-order valence-electron chi connectivity index (χ1n) is 15.6. The Morgan fingerprint density at radius 1 is 0.902 bits per heavy atom. The Kier molecular flexibility index (Phi) is 9.49. The number of amides is 2. The Balaban J connectivity index is 1.21. The molecule has 2 amide bonds. The van der Waals surface area contributed by atoms with Crippen molar-refractivity contribution in [3.63, 3.8) is 0 Å². The number of hydrogen-bond donors (Lipinski definition) is 1. The van der Waals surface area contributed by atoms with Crippen LogP contribution >= 0.6 is 0 Å². The van der Waals surface area contributed by atoms with Gasteiger partial charge in [0, 0.05) is 26.2 Å². The molecule has 2 heterocycles. The Morgan fingerprint density at radius 3 is 2.32 bits per heavy atom. The third-order valence-corrected chi connectivity index (χ3v) is 11.3. The fourth-order valence-electron chi connectivity index (χ4n) is 6.97. The molecule has 1 N–H and O–H groups in total. The van der Waals surface area contributed by atoms with Crippen molar-refractivity contribution < 1.29 is 18.0 Å². The lowest BCUT2D eigenvalue weighted by molar-refractivity contribution is -0.161. The van der Waals surface area contributed by atoms with Crippen molar-refractivity contribution in [2.24, 2.45) is 5.92 Å². The highest BCUT2D eigenvalue weighted by molar-refractivity contribution is 7.91. The van der Waals surface area contributed by atoms with E-state index in [2.05, 4.69) is 17.1 Å². The summed E-state index contributed by atoms with van der Waals surface area (Å²) in [6.45, 7) is 5.02. The highest BCUT2D eigenvalue weighted by atomic mass is 32.2. The van der Waals surface area contributed by atoms with E-state index in [9.17, 15) is 18.0 Å². The summed E-state index contributed by atoms with van der Waals surface area (Å²) < 4.78 is 26.2. The summed E-state index contributed by atoms with van der Waals surface area (Å²) in [4.78, 5) is 32.4. The molecule has 7 nitrogen and oxygen atoms in total. The minimum atomic E-state index is -3.56. The fraction of sp³-hybridized carbons (Fsp3) is 0.576. The van der Waals surface area contributed by atoms with E-state index < -0.39 is 15.4 Å². The van der Waals surface area contributed by atoms with Crippen molar-refractivity contribution >= 4 is 21.7 Å². The summed E-state index contributed by atoms with van der Waals surface area (Å²) in [5, 5.41) is 3.18. The molecule has 2 aliphatic heterocycles. The van der Waals surface area contributed by atoms with E-state index in [1.807, 2.05) is 23.1 Å². The number of rotatable bonds is 10. The molecule has 3 fully saturated rings. The van der Waals surface area contributed by atoms with Gasteiger partial charge in [-0.2, -0.15) is 0 Å². The van der Waals surface area contributed by atoms with Gasteiger partial charge in [-0.25, -0.2) is 8.42 Å². The van der Waals surface area contributed by atoms with Crippen LogP contribution in [0.5, 0.6) is 0 Å². The van der Waals surface area contributed by atoms with Crippen molar-refractivity contribution in [2.45, 2.75) is 98.9 Å². The molecule has 41 heavy (non-hydrogen) atoms. The number of nitrogens with zero attached hydrogens (tertiary/aromatic N) is 2. The van der Waals surface area contributed by atoms with Crippen molar-refractivity contribution in [2.75, 3.05) is 26.2 Å². The van der Waals surface area contributed by atoms with Gasteiger partial charge in [0.2, 0.25) is 21.7 Å². The van der Waals surface area contributed by atoms with E-state index in [0.717, 1.165) is 63.7 Å². The number of unbranched alkanes of at least 4 members (excludes halogenated alkanes) is 1. The summed E-state index contributed by atoms with van der Waals surface area (Å²) in [5.41, 5.74) is 0.221. The van der Waals surface area contributed by atoms with Crippen LogP contribution in [-0.4, -0.2) is 67.8 Å². The third kappa shape index (κ3) is 6.54. The Bertz CT molecular complexity index is 1300.